The number of carboxylic acids is 1. The number of carbonyl (C=O) groups excluding carboxylic acids is 1. The van der Waals surface area contributed by atoms with Gasteiger partial charge in [-0.3, -0.25) is 4.79 Å². The highest BCUT2D eigenvalue weighted by molar-refractivity contribution is 5.94. The lowest BCUT2D eigenvalue weighted by Gasteiger charge is -2.39. The topological polar surface area (TPSA) is 75.6 Å². The van der Waals surface area contributed by atoms with Crippen molar-refractivity contribution in [1.29, 1.82) is 0 Å². The summed E-state index contributed by atoms with van der Waals surface area (Å²) in [6, 6.07) is 18.0. The van der Waals surface area contributed by atoms with E-state index in [1.807, 2.05) is 24.3 Å². The van der Waals surface area contributed by atoms with E-state index in [0.29, 0.717) is 11.3 Å². The van der Waals surface area contributed by atoms with Crippen LogP contribution in [0.2, 0.25) is 0 Å². The first kappa shape index (κ1) is 19.9. The van der Waals surface area contributed by atoms with Crippen molar-refractivity contribution in [2.24, 2.45) is 5.92 Å². The van der Waals surface area contributed by atoms with Gasteiger partial charge in [-0.2, -0.15) is 0 Å². The van der Waals surface area contributed by atoms with Crippen molar-refractivity contribution >= 4 is 11.9 Å². The monoisotopic (exact) mass is 381 g/mol. The molecule has 0 bridgehead atoms. The lowest BCUT2D eigenvalue weighted by atomic mass is 9.75. The SMILES string of the molecule is O=C(NCCC(Oc1ccccc1)(C(=O)O)C1CCCCC1)c1ccccc1. The molecule has 0 heterocycles. The molecule has 2 N–H and O–H groups in total. The van der Waals surface area contributed by atoms with Gasteiger partial charge in [-0.05, 0) is 37.1 Å². The number of hydrogen-bond acceptors (Lipinski definition) is 3. The minimum atomic E-state index is -1.34. The fourth-order valence-corrected chi connectivity index (χ4v) is 3.98. The first-order valence-corrected chi connectivity index (χ1v) is 9.92. The molecule has 0 spiro atoms. The number of rotatable bonds is 8. The number of para-hydroxylation sites is 1. The second kappa shape index (κ2) is 9.40. The second-order valence-corrected chi connectivity index (χ2v) is 7.32. The highest BCUT2D eigenvalue weighted by Gasteiger charge is 2.48. The third-order valence-corrected chi connectivity index (χ3v) is 5.49. The summed E-state index contributed by atoms with van der Waals surface area (Å²) in [5.41, 5.74) is -0.781. The number of hydrogen-bond donors (Lipinski definition) is 2. The van der Waals surface area contributed by atoms with E-state index in [2.05, 4.69) is 5.32 Å². The summed E-state index contributed by atoms with van der Waals surface area (Å²) in [7, 11) is 0. The van der Waals surface area contributed by atoms with Crippen LogP contribution in [0.1, 0.15) is 48.9 Å². The number of ether oxygens (including phenoxy) is 1. The van der Waals surface area contributed by atoms with Gasteiger partial charge in [-0.15, -0.1) is 0 Å². The fourth-order valence-electron chi connectivity index (χ4n) is 3.98. The molecule has 0 aromatic heterocycles. The summed E-state index contributed by atoms with van der Waals surface area (Å²) in [5.74, 6) is -0.696. The number of aliphatic carboxylic acids is 1. The molecule has 3 rings (SSSR count). The van der Waals surface area contributed by atoms with Gasteiger partial charge in [0.25, 0.3) is 5.91 Å². The first-order valence-electron chi connectivity index (χ1n) is 9.92. The van der Waals surface area contributed by atoms with Crippen molar-refractivity contribution in [3.63, 3.8) is 0 Å². The van der Waals surface area contributed by atoms with Gasteiger partial charge in [0.1, 0.15) is 5.75 Å². The lowest BCUT2D eigenvalue weighted by molar-refractivity contribution is -0.163. The molecule has 1 aliphatic rings. The van der Waals surface area contributed by atoms with Crippen LogP contribution >= 0.6 is 0 Å². The maximum Gasteiger partial charge on any atom is 0.348 e. The molecule has 0 saturated heterocycles. The molecule has 148 valence electrons. The zero-order chi connectivity index (χ0) is 19.8. The Labute approximate surface area is 165 Å². The Kier molecular flexibility index (Phi) is 6.69. The van der Waals surface area contributed by atoms with E-state index in [0.717, 1.165) is 32.1 Å². The predicted octanol–water partition coefficient (Wildman–Crippen LogP) is 4.29. The molecule has 1 aliphatic carbocycles. The molecule has 5 nitrogen and oxygen atoms in total. The van der Waals surface area contributed by atoms with Crippen molar-refractivity contribution in [3.8, 4) is 5.75 Å². The molecule has 1 saturated carbocycles. The zero-order valence-corrected chi connectivity index (χ0v) is 16.0. The molecule has 2 aromatic rings. The van der Waals surface area contributed by atoms with E-state index in [1.165, 1.54) is 0 Å². The first-order chi connectivity index (χ1) is 13.6. The van der Waals surface area contributed by atoms with Crippen molar-refractivity contribution in [3.05, 3.63) is 66.2 Å². The Morgan fingerprint density at radius 1 is 0.964 bits per heavy atom. The molecule has 0 radical (unpaired) electrons. The van der Waals surface area contributed by atoms with Gasteiger partial charge < -0.3 is 15.2 Å². The molecule has 0 aliphatic heterocycles. The van der Waals surface area contributed by atoms with Crippen LogP contribution in [0.5, 0.6) is 5.75 Å². The number of amides is 1. The van der Waals surface area contributed by atoms with Crippen LogP contribution in [0, 0.1) is 5.92 Å². The average molecular weight is 381 g/mol. The van der Waals surface area contributed by atoms with E-state index in [1.54, 1.807) is 36.4 Å². The minimum Gasteiger partial charge on any atom is -0.478 e. The molecule has 5 heteroatoms. The number of benzene rings is 2. The second-order valence-electron chi connectivity index (χ2n) is 7.32. The Morgan fingerprint density at radius 2 is 1.57 bits per heavy atom. The molecule has 28 heavy (non-hydrogen) atoms. The van der Waals surface area contributed by atoms with E-state index in [4.69, 9.17) is 4.74 Å². The largest absolute Gasteiger partial charge is 0.478 e. The number of carboxylic acid groups (broad SMARTS) is 1. The number of carbonyl (C=O) groups is 2. The molecule has 1 unspecified atom stereocenters. The molecular formula is C23H27NO4. The maximum absolute atomic E-state index is 12.4. The normalized spacial score (nSPS) is 16.7. The minimum absolute atomic E-state index is 0.0763. The maximum atomic E-state index is 12.4. The van der Waals surface area contributed by atoms with Crippen LogP contribution in [-0.2, 0) is 4.79 Å². The Balaban J connectivity index is 1.76. The van der Waals surface area contributed by atoms with E-state index in [-0.39, 0.29) is 24.8 Å². The molecular weight excluding hydrogens is 354 g/mol. The molecule has 2 aromatic carbocycles. The van der Waals surface area contributed by atoms with Crippen molar-refractivity contribution in [2.75, 3.05) is 6.54 Å². The van der Waals surface area contributed by atoms with E-state index < -0.39 is 11.6 Å². The average Bonchev–Trinajstić information content (AvgIpc) is 2.74. The van der Waals surface area contributed by atoms with Crippen molar-refractivity contribution < 1.29 is 19.4 Å². The molecule has 1 atom stereocenters. The van der Waals surface area contributed by atoms with E-state index in [9.17, 15) is 14.7 Å². The van der Waals surface area contributed by atoms with Gasteiger partial charge in [0.05, 0.1) is 0 Å². The lowest BCUT2D eigenvalue weighted by Crippen LogP contribution is -2.53. The standard InChI is InChI=1S/C23H27NO4/c25-21(18-10-4-1-5-11-18)24-17-16-23(22(26)27,19-12-6-2-7-13-19)28-20-14-8-3-9-15-20/h1,3-5,8-11,14-15,19H,2,6-7,12-13,16-17H2,(H,24,25)(H,26,27). The fraction of sp³-hybridized carbons (Fsp3) is 0.391. The summed E-state index contributed by atoms with van der Waals surface area (Å²) in [6.45, 7) is 0.239. The highest BCUT2D eigenvalue weighted by Crippen LogP contribution is 2.38. The smallest absolute Gasteiger partial charge is 0.348 e. The Hall–Kier alpha value is -2.82. The Morgan fingerprint density at radius 3 is 2.18 bits per heavy atom. The predicted molar refractivity (Wildman–Crippen MR) is 107 cm³/mol. The van der Waals surface area contributed by atoms with Crippen LogP contribution in [0.4, 0.5) is 0 Å². The van der Waals surface area contributed by atoms with Gasteiger partial charge in [0, 0.05) is 24.4 Å². The summed E-state index contributed by atoms with van der Waals surface area (Å²) >= 11 is 0. The van der Waals surface area contributed by atoms with Crippen LogP contribution in [0.25, 0.3) is 0 Å². The molecule has 1 amide bonds. The van der Waals surface area contributed by atoms with Gasteiger partial charge in [0.2, 0.25) is 5.60 Å². The van der Waals surface area contributed by atoms with Crippen molar-refractivity contribution in [2.45, 2.75) is 44.1 Å². The van der Waals surface area contributed by atoms with Crippen molar-refractivity contribution in [1.82, 2.24) is 5.32 Å². The summed E-state index contributed by atoms with van der Waals surface area (Å²) in [4.78, 5) is 24.8. The third-order valence-electron chi connectivity index (χ3n) is 5.49. The van der Waals surface area contributed by atoms with Crippen LogP contribution in [0.3, 0.4) is 0 Å². The summed E-state index contributed by atoms with van der Waals surface area (Å²) in [6.07, 6.45) is 5.02. The number of nitrogens with one attached hydrogen (secondary N) is 1. The van der Waals surface area contributed by atoms with Gasteiger partial charge in [0.15, 0.2) is 0 Å². The van der Waals surface area contributed by atoms with E-state index >= 15 is 0 Å². The molecule has 1 fully saturated rings. The quantitative estimate of drug-likeness (QED) is 0.715. The zero-order valence-electron chi connectivity index (χ0n) is 16.0. The Bertz CT molecular complexity index is 772. The summed E-state index contributed by atoms with van der Waals surface area (Å²) in [5, 5.41) is 13.0. The van der Waals surface area contributed by atoms with Crippen LogP contribution in [-0.4, -0.2) is 29.1 Å². The summed E-state index contributed by atoms with van der Waals surface area (Å²) < 4.78 is 6.14. The van der Waals surface area contributed by atoms with Gasteiger partial charge in [-0.1, -0.05) is 55.7 Å². The van der Waals surface area contributed by atoms with Crippen LogP contribution in [0.15, 0.2) is 60.7 Å². The third kappa shape index (κ3) is 4.71. The van der Waals surface area contributed by atoms with Crippen LogP contribution < -0.4 is 10.1 Å². The van der Waals surface area contributed by atoms with Gasteiger partial charge in [-0.25, -0.2) is 4.79 Å². The van der Waals surface area contributed by atoms with Gasteiger partial charge >= 0.3 is 5.97 Å². The highest BCUT2D eigenvalue weighted by atomic mass is 16.5.